The molecule has 3 rings (SSSR count). The van der Waals surface area contributed by atoms with Crippen LogP contribution in [0, 0.1) is 5.92 Å². The summed E-state index contributed by atoms with van der Waals surface area (Å²) in [7, 11) is 0. The molecule has 0 saturated heterocycles. The highest BCUT2D eigenvalue weighted by Crippen LogP contribution is 2.37. The first kappa shape index (κ1) is 11.2. The smallest absolute Gasteiger partial charge is 0.0303 e. The van der Waals surface area contributed by atoms with Crippen LogP contribution in [0.15, 0.2) is 24.5 Å². The van der Waals surface area contributed by atoms with Crippen LogP contribution in [0.2, 0.25) is 0 Å². The number of hydrogen-bond acceptors (Lipinski definition) is 2. The maximum Gasteiger partial charge on any atom is 0.0303 e. The Kier molecular flexibility index (Phi) is 3.41. The van der Waals surface area contributed by atoms with E-state index in [2.05, 4.69) is 28.6 Å². The highest BCUT2D eigenvalue weighted by atomic mass is 14.9. The molecule has 0 aromatic carbocycles. The van der Waals surface area contributed by atoms with Crippen molar-refractivity contribution >= 4 is 0 Å². The lowest BCUT2D eigenvalue weighted by atomic mass is 9.85. The molecule has 0 bridgehead atoms. The van der Waals surface area contributed by atoms with Crippen LogP contribution in [0.3, 0.4) is 0 Å². The van der Waals surface area contributed by atoms with Crippen molar-refractivity contribution in [3.8, 4) is 0 Å². The number of pyridine rings is 1. The molecular weight excluding hydrogens is 208 g/mol. The van der Waals surface area contributed by atoms with Gasteiger partial charge in [-0.15, -0.1) is 0 Å². The minimum atomic E-state index is 0.687. The molecule has 1 unspecified atom stereocenters. The molecule has 0 aliphatic heterocycles. The summed E-state index contributed by atoms with van der Waals surface area (Å²) in [6.45, 7) is 1.15. The van der Waals surface area contributed by atoms with Crippen LogP contribution >= 0.6 is 0 Å². The molecule has 1 aromatic heterocycles. The minimum absolute atomic E-state index is 0.687. The Bertz CT molecular complexity index is 339. The first-order valence-electron chi connectivity index (χ1n) is 7.07. The number of hydrogen-bond donors (Lipinski definition) is 1. The molecule has 1 N–H and O–H groups in total. The SMILES string of the molecule is c1cncc(C(CNC2CC2)C2CCCC2)c1. The zero-order valence-electron chi connectivity index (χ0n) is 10.4. The summed E-state index contributed by atoms with van der Waals surface area (Å²) in [4.78, 5) is 4.29. The number of nitrogens with one attached hydrogen (secondary N) is 1. The summed E-state index contributed by atoms with van der Waals surface area (Å²) < 4.78 is 0. The predicted molar refractivity (Wildman–Crippen MR) is 70.0 cm³/mol. The van der Waals surface area contributed by atoms with E-state index in [1.54, 1.807) is 0 Å². The van der Waals surface area contributed by atoms with E-state index in [1.165, 1.54) is 44.1 Å². The van der Waals surface area contributed by atoms with E-state index in [-0.39, 0.29) is 0 Å². The average molecular weight is 230 g/mol. The molecule has 2 aliphatic carbocycles. The Labute approximate surface area is 104 Å². The van der Waals surface area contributed by atoms with Crippen molar-refractivity contribution in [2.45, 2.75) is 50.5 Å². The van der Waals surface area contributed by atoms with Gasteiger partial charge in [-0.2, -0.15) is 0 Å². The van der Waals surface area contributed by atoms with Crippen molar-refractivity contribution in [3.05, 3.63) is 30.1 Å². The Balaban J connectivity index is 1.69. The lowest BCUT2D eigenvalue weighted by Crippen LogP contribution is -2.27. The molecule has 2 saturated carbocycles. The van der Waals surface area contributed by atoms with Gasteiger partial charge in [0.05, 0.1) is 0 Å². The standard InChI is InChI=1S/C15H22N2/c1-2-5-12(4-1)15(11-17-14-7-8-14)13-6-3-9-16-10-13/h3,6,9-10,12,14-15,17H,1-2,4-5,7-8,11H2. The Morgan fingerprint density at radius 3 is 2.71 bits per heavy atom. The third kappa shape index (κ3) is 2.86. The zero-order valence-corrected chi connectivity index (χ0v) is 10.4. The molecule has 1 heterocycles. The van der Waals surface area contributed by atoms with E-state index in [0.29, 0.717) is 5.92 Å². The summed E-state index contributed by atoms with van der Waals surface area (Å²) in [6.07, 6.45) is 12.4. The molecule has 2 heteroatoms. The quantitative estimate of drug-likeness (QED) is 0.840. The zero-order chi connectivity index (χ0) is 11.5. The first-order valence-corrected chi connectivity index (χ1v) is 7.07. The van der Waals surface area contributed by atoms with Crippen LogP contribution in [-0.2, 0) is 0 Å². The van der Waals surface area contributed by atoms with Crippen molar-refractivity contribution in [1.82, 2.24) is 10.3 Å². The fourth-order valence-electron chi connectivity index (χ4n) is 3.09. The molecule has 2 aliphatic rings. The molecule has 2 fully saturated rings. The molecule has 2 nitrogen and oxygen atoms in total. The summed E-state index contributed by atoms with van der Waals surface area (Å²) in [5, 5.41) is 3.70. The summed E-state index contributed by atoms with van der Waals surface area (Å²) in [6, 6.07) is 5.15. The van der Waals surface area contributed by atoms with E-state index in [1.807, 2.05) is 6.20 Å². The van der Waals surface area contributed by atoms with Crippen LogP contribution in [0.4, 0.5) is 0 Å². The van der Waals surface area contributed by atoms with Crippen molar-refractivity contribution in [3.63, 3.8) is 0 Å². The highest BCUT2D eigenvalue weighted by Gasteiger charge is 2.28. The lowest BCUT2D eigenvalue weighted by Gasteiger charge is -2.24. The Hall–Kier alpha value is -0.890. The summed E-state index contributed by atoms with van der Waals surface area (Å²) in [5.41, 5.74) is 1.44. The maximum atomic E-state index is 4.29. The predicted octanol–water partition coefficient (Wildman–Crippen LogP) is 3.11. The van der Waals surface area contributed by atoms with E-state index in [4.69, 9.17) is 0 Å². The average Bonchev–Trinajstić information content (AvgIpc) is 3.04. The van der Waals surface area contributed by atoms with Crippen LogP contribution < -0.4 is 5.32 Å². The van der Waals surface area contributed by atoms with Crippen molar-refractivity contribution < 1.29 is 0 Å². The molecule has 92 valence electrons. The van der Waals surface area contributed by atoms with Crippen LogP contribution in [0.25, 0.3) is 0 Å². The van der Waals surface area contributed by atoms with Crippen molar-refractivity contribution in [2.24, 2.45) is 5.92 Å². The number of nitrogens with zero attached hydrogens (tertiary/aromatic N) is 1. The van der Waals surface area contributed by atoms with E-state index in [0.717, 1.165) is 18.5 Å². The molecule has 1 atom stereocenters. The summed E-state index contributed by atoms with van der Waals surface area (Å²) in [5.74, 6) is 1.57. The lowest BCUT2D eigenvalue weighted by molar-refractivity contribution is 0.409. The third-order valence-corrected chi connectivity index (χ3v) is 4.29. The molecular formula is C15H22N2. The third-order valence-electron chi connectivity index (χ3n) is 4.29. The van der Waals surface area contributed by atoms with Crippen molar-refractivity contribution in [1.29, 1.82) is 0 Å². The van der Waals surface area contributed by atoms with Gasteiger partial charge in [0.15, 0.2) is 0 Å². The molecule has 0 spiro atoms. The number of rotatable bonds is 5. The van der Waals surface area contributed by atoms with Gasteiger partial charge in [0.1, 0.15) is 0 Å². The van der Waals surface area contributed by atoms with Gasteiger partial charge in [-0.05, 0) is 43.2 Å². The second-order valence-corrected chi connectivity index (χ2v) is 5.62. The second kappa shape index (κ2) is 5.18. The van der Waals surface area contributed by atoms with Crippen LogP contribution in [0.5, 0.6) is 0 Å². The van der Waals surface area contributed by atoms with Gasteiger partial charge < -0.3 is 5.32 Å². The first-order chi connectivity index (χ1) is 8.43. The molecule has 0 radical (unpaired) electrons. The van der Waals surface area contributed by atoms with Gasteiger partial charge in [-0.3, -0.25) is 4.98 Å². The van der Waals surface area contributed by atoms with E-state index < -0.39 is 0 Å². The van der Waals surface area contributed by atoms with Crippen molar-refractivity contribution in [2.75, 3.05) is 6.54 Å². The normalized spacial score (nSPS) is 22.8. The van der Waals surface area contributed by atoms with Gasteiger partial charge >= 0.3 is 0 Å². The highest BCUT2D eigenvalue weighted by molar-refractivity contribution is 5.17. The van der Waals surface area contributed by atoms with Gasteiger partial charge in [-0.1, -0.05) is 18.9 Å². The minimum Gasteiger partial charge on any atom is -0.313 e. The van der Waals surface area contributed by atoms with E-state index in [9.17, 15) is 0 Å². The van der Waals surface area contributed by atoms with E-state index >= 15 is 0 Å². The fraction of sp³-hybridized carbons (Fsp3) is 0.667. The topological polar surface area (TPSA) is 24.9 Å². The molecule has 0 amide bonds. The van der Waals surface area contributed by atoms with Gasteiger partial charge in [0.2, 0.25) is 0 Å². The molecule has 1 aromatic rings. The van der Waals surface area contributed by atoms with Crippen LogP contribution in [-0.4, -0.2) is 17.6 Å². The summed E-state index contributed by atoms with van der Waals surface area (Å²) >= 11 is 0. The fourth-order valence-corrected chi connectivity index (χ4v) is 3.09. The van der Waals surface area contributed by atoms with Gasteiger partial charge in [-0.25, -0.2) is 0 Å². The Morgan fingerprint density at radius 1 is 1.24 bits per heavy atom. The largest absolute Gasteiger partial charge is 0.313 e. The Morgan fingerprint density at radius 2 is 2.06 bits per heavy atom. The molecule has 17 heavy (non-hydrogen) atoms. The number of aromatic nitrogens is 1. The maximum absolute atomic E-state index is 4.29. The monoisotopic (exact) mass is 230 g/mol. The van der Waals surface area contributed by atoms with Crippen LogP contribution in [0.1, 0.15) is 50.0 Å². The second-order valence-electron chi connectivity index (χ2n) is 5.62. The van der Waals surface area contributed by atoms with Gasteiger partial charge in [0, 0.05) is 30.9 Å². The van der Waals surface area contributed by atoms with Gasteiger partial charge in [0.25, 0.3) is 0 Å².